The summed E-state index contributed by atoms with van der Waals surface area (Å²) in [5.41, 5.74) is 1.17. The lowest BCUT2D eigenvalue weighted by molar-refractivity contribution is 0.0933. The van der Waals surface area contributed by atoms with E-state index in [9.17, 15) is 4.79 Å². The van der Waals surface area contributed by atoms with Crippen molar-refractivity contribution in [2.75, 3.05) is 0 Å². The first-order chi connectivity index (χ1) is 9.49. The molecule has 108 valence electrons. The molecule has 0 aliphatic rings. The van der Waals surface area contributed by atoms with Crippen LogP contribution in [0.1, 0.15) is 48.5 Å². The van der Waals surface area contributed by atoms with Gasteiger partial charge in [-0.2, -0.15) is 5.10 Å². The maximum Gasteiger partial charge on any atom is 0.257 e. The fourth-order valence-electron chi connectivity index (χ4n) is 2.09. The molecule has 0 bridgehead atoms. The second-order valence-corrected chi connectivity index (χ2v) is 5.26. The molecule has 0 aliphatic carbocycles. The summed E-state index contributed by atoms with van der Waals surface area (Å²) in [6.07, 6.45) is 3.59. The predicted molar refractivity (Wildman–Crippen MR) is 74.5 cm³/mol. The van der Waals surface area contributed by atoms with E-state index in [0.717, 1.165) is 0 Å². The molecule has 0 radical (unpaired) electrons. The van der Waals surface area contributed by atoms with Gasteiger partial charge in [-0.05, 0) is 19.9 Å². The van der Waals surface area contributed by atoms with E-state index in [1.165, 1.54) is 0 Å². The first-order valence-corrected chi connectivity index (χ1v) is 6.73. The Morgan fingerprint density at radius 1 is 1.45 bits per heavy atom. The second kappa shape index (κ2) is 5.90. The van der Waals surface area contributed by atoms with Crippen LogP contribution in [-0.2, 0) is 6.54 Å². The number of rotatable bonds is 5. The SMILES string of the molecule is Cc1noc(C(C)C)c1C(=O)NC(C)Cn1cccn1. The summed E-state index contributed by atoms with van der Waals surface area (Å²) in [5, 5.41) is 11.0. The molecule has 2 heterocycles. The van der Waals surface area contributed by atoms with Gasteiger partial charge in [0, 0.05) is 24.4 Å². The van der Waals surface area contributed by atoms with Crippen LogP contribution < -0.4 is 5.32 Å². The lowest BCUT2D eigenvalue weighted by Gasteiger charge is -2.14. The quantitative estimate of drug-likeness (QED) is 0.908. The molecule has 20 heavy (non-hydrogen) atoms. The van der Waals surface area contributed by atoms with Gasteiger partial charge in [-0.1, -0.05) is 19.0 Å². The van der Waals surface area contributed by atoms with E-state index in [-0.39, 0.29) is 17.9 Å². The molecular weight excluding hydrogens is 256 g/mol. The van der Waals surface area contributed by atoms with Gasteiger partial charge in [-0.25, -0.2) is 0 Å². The van der Waals surface area contributed by atoms with Gasteiger partial charge in [0.2, 0.25) is 0 Å². The Morgan fingerprint density at radius 2 is 2.20 bits per heavy atom. The number of carbonyl (C=O) groups is 1. The summed E-state index contributed by atoms with van der Waals surface area (Å²) in [4.78, 5) is 12.4. The van der Waals surface area contributed by atoms with Crippen molar-refractivity contribution in [2.45, 2.75) is 46.2 Å². The molecule has 6 heteroatoms. The molecule has 0 saturated heterocycles. The minimum absolute atomic E-state index is 0.0308. The number of carbonyl (C=O) groups excluding carboxylic acids is 1. The Kier molecular flexibility index (Phi) is 4.22. The molecule has 0 spiro atoms. The molecule has 2 rings (SSSR count). The molecule has 6 nitrogen and oxygen atoms in total. The van der Waals surface area contributed by atoms with Crippen LogP contribution >= 0.6 is 0 Å². The number of aromatic nitrogens is 3. The van der Waals surface area contributed by atoms with Crippen LogP contribution in [0.5, 0.6) is 0 Å². The summed E-state index contributed by atoms with van der Waals surface area (Å²) < 4.78 is 7.02. The van der Waals surface area contributed by atoms with Crippen molar-refractivity contribution >= 4 is 5.91 Å². The first kappa shape index (κ1) is 14.3. The predicted octanol–water partition coefficient (Wildman–Crippen LogP) is 2.12. The van der Waals surface area contributed by atoms with Crippen LogP contribution in [0.3, 0.4) is 0 Å². The van der Waals surface area contributed by atoms with E-state index in [2.05, 4.69) is 15.6 Å². The fourth-order valence-corrected chi connectivity index (χ4v) is 2.09. The zero-order valence-electron chi connectivity index (χ0n) is 12.3. The van der Waals surface area contributed by atoms with Crippen molar-refractivity contribution in [1.82, 2.24) is 20.3 Å². The molecule has 1 atom stereocenters. The van der Waals surface area contributed by atoms with Gasteiger partial charge in [0.25, 0.3) is 5.91 Å². The summed E-state index contributed by atoms with van der Waals surface area (Å²) in [5.74, 6) is 0.608. The van der Waals surface area contributed by atoms with E-state index < -0.39 is 0 Å². The highest BCUT2D eigenvalue weighted by Crippen LogP contribution is 2.22. The van der Waals surface area contributed by atoms with Crippen LogP contribution in [-0.4, -0.2) is 26.9 Å². The second-order valence-electron chi connectivity index (χ2n) is 5.26. The van der Waals surface area contributed by atoms with E-state index in [1.54, 1.807) is 17.8 Å². The highest BCUT2D eigenvalue weighted by Gasteiger charge is 2.23. The molecule has 2 aromatic heterocycles. The Balaban J connectivity index is 2.06. The van der Waals surface area contributed by atoms with Gasteiger partial charge in [0.1, 0.15) is 5.56 Å². The fraction of sp³-hybridized carbons (Fsp3) is 0.500. The van der Waals surface area contributed by atoms with Crippen molar-refractivity contribution in [3.8, 4) is 0 Å². The van der Waals surface area contributed by atoms with E-state index in [4.69, 9.17) is 4.52 Å². The monoisotopic (exact) mass is 276 g/mol. The first-order valence-electron chi connectivity index (χ1n) is 6.73. The smallest absolute Gasteiger partial charge is 0.257 e. The van der Waals surface area contributed by atoms with Crippen LogP contribution in [0.4, 0.5) is 0 Å². The van der Waals surface area contributed by atoms with E-state index in [1.807, 2.05) is 33.0 Å². The molecule has 2 aromatic rings. The van der Waals surface area contributed by atoms with Crippen LogP contribution in [0.25, 0.3) is 0 Å². The standard InChI is InChI=1S/C14H20N4O2/c1-9(2)13-12(11(4)17-20-13)14(19)16-10(3)8-18-7-5-6-15-18/h5-7,9-10H,8H2,1-4H3,(H,16,19). The summed E-state index contributed by atoms with van der Waals surface area (Å²) >= 11 is 0. The minimum atomic E-state index is -0.146. The number of nitrogens with one attached hydrogen (secondary N) is 1. The van der Waals surface area contributed by atoms with E-state index >= 15 is 0 Å². The highest BCUT2D eigenvalue weighted by atomic mass is 16.5. The van der Waals surface area contributed by atoms with Gasteiger partial charge in [-0.3, -0.25) is 9.48 Å². The molecular formula is C14H20N4O2. The number of hydrogen-bond acceptors (Lipinski definition) is 4. The van der Waals surface area contributed by atoms with Crippen LogP contribution in [0.15, 0.2) is 23.0 Å². The Bertz CT molecular complexity index is 572. The molecule has 1 amide bonds. The van der Waals surface area contributed by atoms with Crippen molar-refractivity contribution in [1.29, 1.82) is 0 Å². The minimum Gasteiger partial charge on any atom is -0.360 e. The van der Waals surface area contributed by atoms with Gasteiger partial charge in [0.05, 0.1) is 12.2 Å². The summed E-state index contributed by atoms with van der Waals surface area (Å²) in [6, 6.07) is 1.83. The normalized spacial score (nSPS) is 12.7. The lowest BCUT2D eigenvalue weighted by Crippen LogP contribution is -2.36. The average Bonchev–Trinajstić information content (AvgIpc) is 2.97. The lowest BCUT2D eigenvalue weighted by atomic mass is 10.0. The largest absolute Gasteiger partial charge is 0.360 e. The number of amides is 1. The van der Waals surface area contributed by atoms with E-state index in [0.29, 0.717) is 23.6 Å². The number of aryl methyl sites for hydroxylation is 1. The van der Waals surface area contributed by atoms with Crippen molar-refractivity contribution < 1.29 is 9.32 Å². The molecule has 0 aliphatic heterocycles. The molecule has 1 N–H and O–H groups in total. The third-order valence-electron chi connectivity index (χ3n) is 3.04. The van der Waals surface area contributed by atoms with Crippen molar-refractivity contribution in [3.63, 3.8) is 0 Å². The molecule has 0 saturated carbocycles. The van der Waals surface area contributed by atoms with Crippen LogP contribution in [0, 0.1) is 6.92 Å². The molecule has 0 aromatic carbocycles. The summed E-state index contributed by atoms with van der Waals surface area (Å²) in [6.45, 7) is 8.30. The topological polar surface area (TPSA) is 73.0 Å². The third kappa shape index (κ3) is 3.07. The van der Waals surface area contributed by atoms with Crippen molar-refractivity contribution in [3.05, 3.63) is 35.5 Å². The van der Waals surface area contributed by atoms with Gasteiger partial charge in [0.15, 0.2) is 5.76 Å². The summed E-state index contributed by atoms with van der Waals surface area (Å²) in [7, 11) is 0. The number of hydrogen-bond donors (Lipinski definition) is 1. The van der Waals surface area contributed by atoms with Gasteiger partial charge >= 0.3 is 0 Å². The Hall–Kier alpha value is -2.11. The third-order valence-corrected chi connectivity index (χ3v) is 3.04. The Morgan fingerprint density at radius 3 is 2.80 bits per heavy atom. The Labute approximate surface area is 118 Å². The highest BCUT2D eigenvalue weighted by molar-refractivity contribution is 5.96. The zero-order valence-corrected chi connectivity index (χ0v) is 12.3. The molecule has 1 unspecified atom stereocenters. The van der Waals surface area contributed by atoms with Crippen LogP contribution in [0.2, 0.25) is 0 Å². The number of nitrogens with zero attached hydrogens (tertiary/aromatic N) is 3. The van der Waals surface area contributed by atoms with Gasteiger partial charge in [-0.15, -0.1) is 0 Å². The average molecular weight is 276 g/mol. The zero-order chi connectivity index (χ0) is 14.7. The maximum atomic E-state index is 12.4. The van der Waals surface area contributed by atoms with Gasteiger partial charge < -0.3 is 9.84 Å². The molecule has 0 fully saturated rings. The van der Waals surface area contributed by atoms with Crippen molar-refractivity contribution in [2.24, 2.45) is 0 Å². The maximum absolute atomic E-state index is 12.4.